The molecule has 0 saturated carbocycles. The first kappa shape index (κ1) is 23.0. The van der Waals surface area contributed by atoms with Crippen molar-refractivity contribution in [1.29, 1.82) is 0 Å². The van der Waals surface area contributed by atoms with E-state index in [0.717, 1.165) is 0 Å². The highest BCUT2D eigenvalue weighted by atomic mass is 16.3. The number of benzene rings is 2. The second-order valence-electron chi connectivity index (χ2n) is 8.62. The van der Waals surface area contributed by atoms with Crippen molar-refractivity contribution in [2.75, 3.05) is 0 Å². The van der Waals surface area contributed by atoms with Gasteiger partial charge in [-0.25, -0.2) is 0 Å². The minimum absolute atomic E-state index is 0. The van der Waals surface area contributed by atoms with Crippen molar-refractivity contribution in [2.24, 2.45) is 0 Å². The highest BCUT2D eigenvalue weighted by molar-refractivity contribution is 5.80. The molecule has 0 aliphatic heterocycles. The second kappa shape index (κ2) is 8.79. The molecule has 2 rings (SSSR count). The van der Waals surface area contributed by atoms with Crippen molar-refractivity contribution in [3.63, 3.8) is 0 Å². The Kier molecular flexibility index (Phi) is 7.50. The largest absolute Gasteiger partial charge is 0.508 e. The fraction of sp³-hybridized carbons (Fsp3) is 0.500. The first-order valence-corrected chi connectivity index (χ1v) is 9.78. The van der Waals surface area contributed by atoms with E-state index < -0.39 is 0 Å². The Bertz CT molecular complexity index is 661. The lowest BCUT2D eigenvalue weighted by Gasteiger charge is -2.27. The molecule has 0 aromatic heterocycles. The van der Waals surface area contributed by atoms with Gasteiger partial charge in [0.15, 0.2) is 0 Å². The normalized spacial score (nSPS) is 11.6. The Morgan fingerprint density at radius 1 is 0.481 bits per heavy atom. The molecule has 150 valence electrons. The van der Waals surface area contributed by atoms with Crippen LogP contribution in [0.1, 0.15) is 101 Å². The third kappa shape index (κ3) is 4.65. The molecule has 0 heterocycles. The summed E-state index contributed by atoms with van der Waals surface area (Å²) in [6, 6.07) is 7.64. The average molecular weight is 373 g/mol. The van der Waals surface area contributed by atoms with Gasteiger partial charge in [0.05, 0.1) is 0 Å². The molecular weight excluding hydrogens is 336 g/mol. The van der Waals surface area contributed by atoms with Crippen molar-refractivity contribution in [3.05, 3.63) is 46.5 Å². The number of phenols is 2. The molecule has 0 bridgehead atoms. The van der Waals surface area contributed by atoms with Gasteiger partial charge in [0, 0.05) is 0 Å². The third-order valence-electron chi connectivity index (χ3n) is 5.11. The Labute approximate surface area is 164 Å². The molecule has 2 aromatic carbocycles. The van der Waals surface area contributed by atoms with E-state index in [-0.39, 0.29) is 5.48 Å². The zero-order chi connectivity index (χ0) is 19.8. The molecule has 0 radical (unpaired) electrons. The Morgan fingerprint density at radius 3 is 0.815 bits per heavy atom. The lowest BCUT2D eigenvalue weighted by atomic mass is 9.77. The summed E-state index contributed by atoms with van der Waals surface area (Å²) in [4.78, 5) is 0. The first-order valence-electron chi connectivity index (χ1n) is 9.78. The molecular formula is C24H36O3. The fourth-order valence-electron chi connectivity index (χ4n) is 3.74. The van der Waals surface area contributed by atoms with Crippen LogP contribution < -0.4 is 0 Å². The van der Waals surface area contributed by atoms with Crippen LogP contribution in [-0.2, 0) is 0 Å². The van der Waals surface area contributed by atoms with Gasteiger partial charge in [0.2, 0.25) is 0 Å². The Balaban J connectivity index is 0.00000364. The smallest absolute Gasteiger partial charge is 0.116 e. The van der Waals surface area contributed by atoms with Gasteiger partial charge in [-0.2, -0.15) is 0 Å². The van der Waals surface area contributed by atoms with Gasteiger partial charge in [0.25, 0.3) is 0 Å². The lowest BCUT2D eigenvalue weighted by Crippen LogP contribution is -2.06. The molecule has 0 spiro atoms. The molecule has 2 aromatic rings. The third-order valence-corrected chi connectivity index (χ3v) is 5.11. The van der Waals surface area contributed by atoms with Crippen LogP contribution in [0.2, 0.25) is 0 Å². The second-order valence-corrected chi connectivity index (χ2v) is 8.62. The summed E-state index contributed by atoms with van der Waals surface area (Å²) in [6.07, 6.45) is 0. The van der Waals surface area contributed by atoms with E-state index in [2.05, 4.69) is 55.4 Å². The molecule has 4 N–H and O–H groups in total. The van der Waals surface area contributed by atoms with Crippen LogP contribution in [0.5, 0.6) is 11.5 Å². The molecule has 0 unspecified atom stereocenters. The maximum Gasteiger partial charge on any atom is 0.116 e. The SMILES string of the molecule is CC(C)c1cc(O)cc(C(C)C)c1-c1c(C(C)C)cc(O)cc1C(C)C.O. The van der Waals surface area contributed by atoms with Crippen molar-refractivity contribution < 1.29 is 15.7 Å². The van der Waals surface area contributed by atoms with Gasteiger partial charge in [-0.05, 0) is 81.3 Å². The predicted octanol–water partition coefficient (Wildman–Crippen LogP) is 6.43. The van der Waals surface area contributed by atoms with Crippen LogP contribution in [0.25, 0.3) is 11.1 Å². The van der Waals surface area contributed by atoms with Crippen LogP contribution in [0, 0.1) is 0 Å². The van der Waals surface area contributed by atoms with E-state index in [0.29, 0.717) is 35.2 Å². The van der Waals surface area contributed by atoms with E-state index in [1.54, 1.807) is 0 Å². The molecule has 0 atom stereocenters. The summed E-state index contributed by atoms with van der Waals surface area (Å²) >= 11 is 0. The quantitative estimate of drug-likeness (QED) is 0.634. The highest BCUT2D eigenvalue weighted by Gasteiger charge is 2.24. The molecule has 0 aliphatic rings. The molecule has 0 aliphatic carbocycles. The minimum atomic E-state index is 0. The first-order chi connectivity index (χ1) is 12.0. The topological polar surface area (TPSA) is 72.0 Å². The summed E-state index contributed by atoms with van der Waals surface area (Å²) in [5.74, 6) is 1.84. The summed E-state index contributed by atoms with van der Waals surface area (Å²) in [5, 5.41) is 20.6. The van der Waals surface area contributed by atoms with Crippen LogP contribution in [0.15, 0.2) is 24.3 Å². The summed E-state index contributed by atoms with van der Waals surface area (Å²) < 4.78 is 0. The minimum Gasteiger partial charge on any atom is -0.508 e. The number of hydrogen-bond donors (Lipinski definition) is 2. The van der Waals surface area contributed by atoms with Gasteiger partial charge in [-0.1, -0.05) is 55.4 Å². The Morgan fingerprint density at radius 2 is 0.667 bits per heavy atom. The van der Waals surface area contributed by atoms with E-state index in [1.165, 1.54) is 33.4 Å². The molecule has 3 heteroatoms. The standard InChI is InChI=1S/C24H34O2.H2O/c1-13(2)19-9-17(25)10-20(14(3)4)23(19)24-21(15(5)6)11-18(26)12-22(24)16(7)8;/h9-16,25-26H,1-8H3;1H2. The van der Waals surface area contributed by atoms with Gasteiger partial charge < -0.3 is 15.7 Å². The van der Waals surface area contributed by atoms with Crippen molar-refractivity contribution in [1.82, 2.24) is 0 Å². The number of hydrogen-bond acceptors (Lipinski definition) is 2. The number of phenolic OH excluding ortho intramolecular Hbond substituents is 2. The van der Waals surface area contributed by atoms with E-state index in [1.807, 2.05) is 24.3 Å². The molecule has 0 fully saturated rings. The zero-order valence-corrected chi connectivity index (χ0v) is 18.0. The maximum atomic E-state index is 10.3. The van der Waals surface area contributed by atoms with Gasteiger partial charge >= 0.3 is 0 Å². The van der Waals surface area contributed by atoms with Crippen LogP contribution in [0.3, 0.4) is 0 Å². The summed E-state index contributed by atoms with van der Waals surface area (Å²) in [6.45, 7) is 17.4. The Hall–Kier alpha value is -2.00. The highest BCUT2D eigenvalue weighted by Crippen LogP contribution is 2.46. The van der Waals surface area contributed by atoms with Gasteiger partial charge in [0.1, 0.15) is 11.5 Å². The number of rotatable bonds is 5. The van der Waals surface area contributed by atoms with E-state index in [9.17, 15) is 10.2 Å². The van der Waals surface area contributed by atoms with Crippen molar-refractivity contribution in [2.45, 2.75) is 79.1 Å². The summed E-state index contributed by atoms with van der Waals surface area (Å²) in [5.41, 5.74) is 7.15. The predicted molar refractivity (Wildman–Crippen MR) is 115 cm³/mol. The molecule has 0 saturated heterocycles. The van der Waals surface area contributed by atoms with Gasteiger partial charge in [-0.3, -0.25) is 0 Å². The summed E-state index contributed by atoms with van der Waals surface area (Å²) in [7, 11) is 0. The van der Waals surface area contributed by atoms with E-state index >= 15 is 0 Å². The zero-order valence-electron chi connectivity index (χ0n) is 18.0. The van der Waals surface area contributed by atoms with Crippen molar-refractivity contribution in [3.8, 4) is 22.6 Å². The monoisotopic (exact) mass is 372 g/mol. The van der Waals surface area contributed by atoms with Crippen molar-refractivity contribution >= 4 is 0 Å². The molecule has 0 amide bonds. The van der Waals surface area contributed by atoms with Gasteiger partial charge in [-0.15, -0.1) is 0 Å². The van der Waals surface area contributed by atoms with E-state index in [4.69, 9.17) is 0 Å². The molecule has 27 heavy (non-hydrogen) atoms. The fourth-order valence-corrected chi connectivity index (χ4v) is 3.74. The number of aromatic hydroxyl groups is 2. The lowest BCUT2D eigenvalue weighted by molar-refractivity contribution is 0.471. The van der Waals surface area contributed by atoms with Crippen LogP contribution in [0.4, 0.5) is 0 Å². The van der Waals surface area contributed by atoms with Crippen LogP contribution >= 0.6 is 0 Å². The maximum absolute atomic E-state index is 10.3. The van der Waals surface area contributed by atoms with Crippen LogP contribution in [-0.4, -0.2) is 15.7 Å². The molecule has 3 nitrogen and oxygen atoms in total. The average Bonchev–Trinajstić information content (AvgIpc) is 2.53.